The molecule has 2 aromatic rings. The van der Waals surface area contributed by atoms with Crippen molar-refractivity contribution in [3.05, 3.63) is 82.0 Å². The second kappa shape index (κ2) is 9.99. The van der Waals surface area contributed by atoms with Gasteiger partial charge in [-0.15, -0.1) is 0 Å². The number of benzene rings is 2. The molecule has 2 aromatic carbocycles. The molecular weight excluding hydrogens is 464 g/mol. The third-order valence-corrected chi connectivity index (χ3v) is 7.30. The van der Waals surface area contributed by atoms with Gasteiger partial charge >= 0.3 is 5.97 Å². The van der Waals surface area contributed by atoms with Gasteiger partial charge in [-0.1, -0.05) is 65.8 Å². The molecule has 1 N–H and O–H groups in total. The SMILES string of the molecule is CO[C@H]1S[C@@H]2[C@@H](NC(=O)Cc3ccc(Cl)cc3)C(=O)N2C(C(=O)OCc2ccccc2)=C1C. The van der Waals surface area contributed by atoms with Crippen molar-refractivity contribution in [3.8, 4) is 0 Å². The normalized spacial score (nSPS) is 21.8. The Balaban J connectivity index is 1.45. The van der Waals surface area contributed by atoms with Crippen LogP contribution >= 0.6 is 23.4 Å². The van der Waals surface area contributed by atoms with E-state index >= 15 is 0 Å². The summed E-state index contributed by atoms with van der Waals surface area (Å²) < 4.78 is 11.0. The highest BCUT2D eigenvalue weighted by atomic mass is 35.5. The van der Waals surface area contributed by atoms with Crippen molar-refractivity contribution in [2.24, 2.45) is 0 Å². The maximum atomic E-state index is 13.0. The number of hydrogen-bond acceptors (Lipinski definition) is 6. The van der Waals surface area contributed by atoms with Gasteiger partial charge in [-0.05, 0) is 35.8 Å². The van der Waals surface area contributed by atoms with Gasteiger partial charge in [0, 0.05) is 12.1 Å². The molecule has 0 saturated carbocycles. The molecule has 2 amide bonds. The number of halogens is 1. The van der Waals surface area contributed by atoms with E-state index in [2.05, 4.69) is 5.32 Å². The maximum absolute atomic E-state index is 13.0. The number of rotatable bonds is 7. The van der Waals surface area contributed by atoms with E-state index in [0.717, 1.165) is 11.1 Å². The number of carbonyl (C=O) groups excluding carboxylic acids is 3. The van der Waals surface area contributed by atoms with Gasteiger partial charge in [0.05, 0.1) is 6.42 Å². The van der Waals surface area contributed by atoms with Gasteiger partial charge in [0.2, 0.25) is 5.91 Å². The fourth-order valence-corrected chi connectivity index (χ4v) is 5.28. The molecule has 9 heteroatoms. The molecule has 0 bridgehead atoms. The molecule has 0 radical (unpaired) electrons. The van der Waals surface area contributed by atoms with Crippen molar-refractivity contribution in [3.63, 3.8) is 0 Å². The summed E-state index contributed by atoms with van der Waals surface area (Å²) in [5.74, 6) is -1.23. The summed E-state index contributed by atoms with van der Waals surface area (Å²) in [5.41, 5.74) is 1.98. The minimum Gasteiger partial charge on any atom is -0.456 e. The quantitative estimate of drug-likeness (QED) is 0.477. The van der Waals surface area contributed by atoms with Crippen LogP contribution in [0, 0.1) is 0 Å². The lowest BCUT2D eigenvalue weighted by Crippen LogP contribution is -2.71. The molecule has 33 heavy (non-hydrogen) atoms. The highest BCUT2D eigenvalue weighted by molar-refractivity contribution is 8.00. The van der Waals surface area contributed by atoms with Crippen LogP contribution in [0.2, 0.25) is 5.02 Å². The first-order valence-corrected chi connectivity index (χ1v) is 11.7. The molecule has 7 nitrogen and oxygen atoms in total. The number of carbonyl (C=O) groups is 3. The predicted octanol–water partition coefficient (Wildman–Crippen LogP) is 3.27. The maximum Gasteiger partial charge on any atom is 0.355 e. The van der Waals surface area contributed by atoms with Crippen LogP contribution in [0.4, 0.5) is 0 Å². The van der Waals surface area contributed by atoms with Gasteiger partial charge < -0.3 is 14.8 Å². The van der Waals surface area contributed by atoms with Crippen molar-refractivity contribution in [2.45, 2.75) is 36.8 Å². The van der Waals surface area contributed by atoms with Crippen molar-refractivity contribution < 1.29 is 23.9 Å². The molecule has 0 unspecified atom stereocenters. The third-order valence-electron chi connectivity index (χ3n) is 5.49. The smallest absolute Gasteiger partial charge is 0.355 e. The lowest BCUT2D eigenvalue weighted by atomic mass is 10.0. The van der Waals surface area contributed by atoms with Crippen LogP contribution < -0.4 is 5.32 Å². The van der Waals surface area contributed by atoms with Crippen LogP contribution in [-0.2, 0) is 36.9 Å². The van der Waals surface area contributed by atoms with E-state index < -0.39 is 22.8 Å². The molecule has 3 atom stereocenters. The van der Waals surface area contributed by atoms with Crippen LogP contribution in [-0.4, -0.2) is 46.6 Å². The number of nitrogens with one attached hydrogen (secondary N) is 1. The molecule has 2 aliphatic heterocycles. The zero-order chi connectivity index (χ0) is 23.5. The fourth-order valence-electron chi connectivity index (χ4n) is 3.80. The molecular formula is C24H23ClN2O5S. The third kappa shape index (κ3) is 4.93. The lowest BCUT2D eigenvalue weighted by molar-refractivity contribution is -0.153. The predicted molar refractivity (Wildman–Crippen MR) is 125 cm³/mol. The number of esters is 1. The molecule has 1 fully saturated rings. The Morgan fingerprint density at radius 2 is 1.79 bits per heavy atom. The second-order valence-corrected chi connectivity index (χ2v) is 9.36. The average Bonchev–Trinajstić information content (AvgIpc) is 2.83. The first kappa shape index (κ1) is 23.4. The van der Waals surface area contributed by atoms with Crippen LogP contribution in [0.3, 0.4) is 0 Å². The highest BCUT2D eigenvalue weighted by Gasteiger charge is 2.56. The number of nitrogens with zero attached hydrogens (tertiary/aromatic N) is 1. The topological polar surface area (TPSA) is 84.9 Å². The highest BCUT2D eigenvalue weighted by Crippen LogP contribution is 2.44. The van der Waals surface area contributed by atoms with E-state index in [1.165, 1.54) is 16.7 Å². The zero-order valence-electron chi connectivity index (χ0n) is 18.1. The van der Waals surface area contributed by atoms with Gasteiger partial charge in [0.15, 0.2) is 0 Å². The van der Waals surface area contributed by atoms with Crippen LogP contribution in [0.15, 0.2) is 65.9 Å². The van der Waals surface area contributed by atoms with E-state index in [4.69, 9.17) is 21.1 Å². The number of methoxy groups -OCH3 is 1. The minimum absolute atomic E-state index is 0.0925. The first-order valence-electron chi connectivity index (χ1n) is 10.4. The average molecular weight is 487 g/mol. The number of ether oxygens (including phenoxy) is 2. The van der Waals surface area contributed by atoms with Crippen molar-refractivity contribution in [1.29, 1.82) is 0 Å². The van der Waals surface area contributed by atoms with Crippen LogP contribution in [0.25, 0.3) is 0 Å². The number of hydrogen-bond donors (Lipinski definition) is 1. The number of amides is 2. The molecule has 0 aliphatic carbocycles. The second-order valence-electron chi connectivity index (χ2n) is 7.74. The number of β-lactam (4-membered cyclic amide) rings is 1. The van der Waals surface area contributed by atoms with Crippen molar-refractivity contribution in [1.82, 2.24) is 10.2 Å². The molecule has 172 valence electrons. The van der Waals surface area contributed by atoms with Gasteiger partial charge in [-0.25, -0.2) is 4.79 Å². The Hall–Kier alpha value is -2.81. The summed E-state index contributed by atoms with van der Waals surface area (Å²) in [5, 5.41) is 2.92. The van der Waals surface area contributed by atoms with E-state index in [1.54, 1.807) is 38.3 Å². The lowest BCUT2D eigenvalue weighted by Gasteiger charge is -2.51. The van der Waals surface area contributed by atoms with Crippen LogP contribution in [0.5, 0.6) is 0 Å². The molecule has 2 heterocycles. The Morgan fingerprint density at radius 3 is 2.45 bits per heavy atom. The Bertz CT molecular complexity index is 1090. The van der Waals surface area contributed by atoms with Crippen molar-refractivity contribution in [2.75, 3.05) is 7.11 Å². The van der Waals surface area contributed by atoms with E-state index in [9.17, 15) is 14.4 Å². The fraction of sp³-hybridized carbons (Fsp3) is 0.292. The summed E-state index contributed by atoms with van der Waals surface area (Å²) >= 11 is 7.26. The monoisotopic (exact) mass is 486 g/mol. The van der Waals surface area contributed by atoms with Crippen LogP contribution in [0.1, 0.15) is 18.1 Å². The van der Waals surface area contributed by atoms with Gasteiger partial charge in [-0.2, -0.15) is 0 Å². The Kier molecular flexibility index (Phi) is 7.07. The Morgan fingerprint density at radius 1 is 1.09 bits per heavy atom. The van der Waals surface area contributed by atoms with E-state index in [-0.39, 0.29) is 30.5 Å². The van der Waals surface area contributed by atoms with Gasteiger partial charge in [0.1, 0.15) is 29.2 Å². The number of thioether (sulfide) groups is 1. The van der Waals surface area contributed by atoms with E-state index in [1.807, 2.05) is 30.3 Å². The number of fused-ring (bicyclic) bond motifs is 1. The minimum atomic E-state index is -0.752. The summed E-state index contributed by atoms with van der Waals surface area (Å²) in [6.07, 6.45) is 0.118. The van der Waals surface area contributed by atoms with Gasteiger partial charge in [-0.3, -0.25) is 14.5 Å². The first-order chi connectivity index (χ1) is 15.9. The molecule has 1 saturated heterocycles. The zero-order valence-corrected chi connectivity index (χ0v) is 19.7. The summed E-state index contributed by atoms with van der Waals surface area (Å²) in [4.78, 5) is 39.8. The Labute approximate surface area is 201 Å². The summed E-state index contributed by atoms with van der Waals surface area (Å²) in [6, 6.07) is 15.5. The molecule has 0 spiro atoms. The van der Waals surface area contributed by atoms with E-state index in [0.29, 0.717) is 10.6 Å². The summed E-state index contributed by atoms with van der Waals surface area (Å²) in [7, 11) is 1.54. The van der Waals surface area contributed by atoms with Crippen molar-refractivity contribution >= 4 is 41.1 Å². The molecule has 4 rings (SSSR count). The molecule has 2 aliphatic rings. The molecule has 0 aromatic heterocycles. The largest absolute Gasteiger partial charge is 0.456 e. The standard InChI is InChI=1S/C24H23ClN2O5S/c1-14-20(23(30)32-13-16-6-4-3-5-7-16)27-21(29)19(22(27)33-24(14)31-2)26-18(28)12-15-8-10-17(25)11-9-15/h3-11,19,22,24H,12-13H2,1-2H3,(H,26,28)/t19-,22+,24-/m0/s1. The summed E-state index contributed by atoms with van der Waals surface area (Å²) in [6.45, 7) is 1.84. The van der Waals surface area contributed by atoms with Gasteiger partial charge in [0.25, 0.3) is 5.91 Å².